The third kappa shape index (κ3) is 7.12. The van der Waals surface area contributed by atoms with Crippen LogP contribution in [0.3, 0.4) is 0 Å². The minimum atomic E-state index is -2.07. The van der Waals surface area contributed by atoms with Crippen molar-refractivity contribution in [2.45, 2.75) is 18.9 Å². The molecule has 0 spiro atoms. The maximum Gasteiger partial charge on any atom is 0.511 e. The molecule has 22 heavy (non-hydrogen) atoms. The molecule has 1 aromatic rings. The molecule has 1 rings (SSSR count). The van der Waals surface area contributed by atoms with Crippen molar-refractivity contribution in [2.75, 3.05) is 13.0 Å². The van der Waals surface area contributed by atoms with Crippen molar-refractivity contribution < 1.29 is 33.6 Å². The van der Waals surface area contributed by atoms with Gasteiger partial charge in [0, 0.05) is 6.42 Å². The molecular weight excluding hydrogens is 313 g/mol. The Balaban J connectivity index is 2.33. The molecule has 2 unspecified atom stereocenters. The van der Waals surface area contributed by atoms with Gasteiger partial charge in [0.1, 0.15) is 11.8 Å². The Bertz CT molecular complexity index is 549. The number of carboxylic acid groups (broad SMARTS) is 2. The van der Waals surface area contributed by atoms with Crippen LogP contribution in [0.5, 0.6) is 5.75 Å². The second kappa shape index (κ2) is 9.09. The van der Waals surface area contributed by atoms with Gasteiger partial charge in [-0.05, 0) is 22.3 Å². The molecule has 0 aliphatic rings. The Morgan fingerprint density at radius 1 is 1.32 bits per heavy atom. The summed E-state index contributed by atoms with van der Waals surface area (Å²) in [5, 5.41) is 17.3. The average molecular weight is 330 g/mol. The van der Waals surface area contributed by atoms with Crippen LogP contribution in [0, 0.1) is 0 Å². The molecule has 120 valence electrons. The number of hydrogen-bond donors (Lipinski definition) is 3. The normalized spacial score (nSPS) is 12.5. The molecule has 1 aromatic carbocycles. The molecule has 0 heterocycles. The van der Waals surface area contributed by atoms with E-state index in [2.05, 4.69) is 0 Å². The summed E-state index contributed by atoms with van der Waals surface area (Å²) < 4.78 is 21.6. The van der Waals surface area contributed by atoms with Crippen molar-refractivity contribution >= 4 is 20.0 Å². The van der Waals surface area contributed by atoms with Crippen LogP contribution in [0.2, 0.25) is 0 Å². The summed E-state index contributed by atoms with van der Waals surface area (Å²) in [6.45, 7) is -0.284. The van der Waals surface area contributed by atoms with Crippen molar-refractivity contribution in [3.05, 3.63) is 29.8 Å². The summed E-state index contributed by atoms with van der Waals surface area (Å²) in [6, 6.07) is 5.37. The maximum absolute atomic E-state index is 11.5. The quantitative estimate of drug-likeness (QED) is 0.430. The van der Waals surface area contributed by atoms with Gasteiger partial charge in [-0.15, -0.1) is 4.52 Å². The average Bonchev–Trinajstić information content (AvgIpc) is 2.44. The fourth-order valence-corrected chi connectivity index (χ4v) is 2.29. The lowest BCUT2D eigenvalue weighted by Gasteiger charge is -2.04. The molecule has 0 saturated heterocycles. The monoisotopic (exact) mass is 330 g/mol. The third-order valence-corrected chi connectivity index (χ3v) is 3.63. The fourth-order valence-electron chi connectivity index (χ4n) is 1.51. The molecule has 0 amide bonds. The van der Waals surface area contributed by atoms with Crippen LogP contribution in [0.15, 0.2) is 24.3 Å². The molecule has 0 aliphatic heterocycles. The molecule has 0 aromatic heterocycles. The number of aliphatic carboxylic acids is 2. The van der Waals surface area contributed by atoms with Gasteiger partial charge in [-0.3, -0.25) is 9.59 Å². The lowest BCUT2D eigenvalue weighted by Crippen LogP contribution is -2.30. The van der Waals surface area contributed by atoms with E-state index in [0.717, 1.165) is 0 Å². The number of hydrogen-bond acceptors (Lipinski definition) is 6. The first-order valence-corrected chi connectivity index (χ1v) is 7.74. The van der Waals surface area contributed by atoms with E-state index in [4.69, 9.17) is 25.2 Å². The highest BCUT2D eigenvalue weighted by Crippen LogP contribution is 2.24. The topological polar surface area (TPSA) is 136 Å². The first-order chi connectivity index (χ1) is 10.4. The molecule has 4 N–H and O–H groups in total. The Labute approximate surface area is 127 Å². The van der Waals surface area contributed by atoms with E-state index < -0.39 is 26.0 Å². The van der Waals surface area contributed by atoms with E-state index in [1.54, 1.807) is 24.3 Å². The number of nitrogens with two attached hydrogens (primary N) is 1. The first kappa shape index (κ1) is 18.0. The second-order valence-corrected chi connectivity index (χ2v) is 5.77. The number of carbonyl (C=O) groups is 2. The summed E-state index contributed by atoms with van der Waals surface area (Å²) in [4.78, 5) is 21.1. The van der Waals surface area contributed by atoms with Crippen molar-refractivity contribution in [3.8, 4) is 5.75 Å². The van der Waals surface area contributed by atoms with E-state index in [9.17, 15) is 14.2 Å². The fraction of sp³-hybridized carbons (Fsp3) is 0.385. The van der Waals surface area contributed by atoms with Gasteiger partial charge in [0.05, 0.1) is 6.42 Å². The van der Waals surface area contributed by atoms with Crippen LogP contribution in [0.1, 0.15) is 12.0 Å². The minimum Gasteiger partial charge on any atom is -0.481 e. The van der Waals surface area contributed by atoms with Crippen molar-refractivity contribution in [3.63, 3.8) is 0 Å². The predicted octanol–water partition coefficient (Wildman–Crippen LogP) is 1.21. The highest BCUT2D eigenvalue weighted by molar-refractivity contribution is 7.39. The van der Waals surface area contributed by atoms with Gasteiger partial charge >= 0.3 is 20.0 Å². The lowest BCUT2D eigenvalue weighted by molar-refractivity contribution is -0.138. The van der Waals surface area contributed by atoms with E-state index in [1.807, 2.05) is 0 Å². The van der Waals surface area contributed by atoms with Gasteiger partial charge in [-0.25, -0.2) is 0 Å². The zero-order valence-corrected chi connectivity index (χ0v) is 12.6. The first-order valence-electron chi connectivity index (χ1n) is 6.38. The van der Waals surface area contributed by atoms with E-state index >= 15 is 0 Å². The van der Waals surface area contributed by atoms with Crippen molar-refractivity contribution in [1.29, 1.82) is 0 Å². The summed E-state index contributed by atoms with van der Waals surface area (Å²) in [5.74, 6) is -1.72. The minimum absolute atomic E-state index is 0.0191. The SMILES string of the molecule is NC(CC[P+](=O)OCOc1cccc(CC(=O)O)c1)C(=O)O. The number of carboxylic acids is 2. The molecule has 0 aliphatic carbocycles. The van der Waals surface area contributed by atoms with Gasteiger partial charge in [0.2, 0.25) is 6.79 Å². The van der Waals surface area contributed by atoms with Crippen LogP contribution < -0.4 is 10.5 Å². The molecule has 0 bridgehead atoms. The van der Waals surface area contributed by atoms with Gasteiger partial charge in [0.15, 0.2) is 6.16 Å². The summed E-state index contributed by atoms with van der Waals surface area (Å²) >= 11 is 0. The van der Waals surface area contributed by atoms with Gasteiger partial charge < -0.3 is 20.7 Å². The van der Waals surface area contributed by atoms with Crippen LogP contribution in [-0.2, 0) is 25.1 Å². The van der Waals surface area contributed by atoms with E-state index in [0.29, 0.717) is 11.3 Å². The van der Waals surface area contributed by atoms with Crippen LogP contribution in [-0.4, -0.2) is 41.1 Å². The van der Waals surface area contributed by atoms with Gasteiger partial charge in [-0.2, -0.15) is 0 Å². The van der Waals surface area contributed by atoms with Crippen LogP contribution >= 0.6 is 8.03 Å². The van der Waals surface area contributed by atoms with Gasteiger partial charge in [-0.1, -0.05) is 12.1 Å². The second-order valence-electron chi connectivity index (χ2n) is 4.40. The maximum atomic E-state index is 11.5. The number of rotatable bonds is 10. The van der Waals surface area contributed by atoms with Gasteiger partial charge in [0.25, 0.3) is 0 Å². The Morgan fingerprint density at radius 3 is 2.68 bits per heavy atom. The van der Waals surface area contributed by atoms with Crippen LogP contribution in [0.4, 0.5) is 0 Å². The van der Waals surface area contributed by atoms with E-state index in [-0.39, 0.29) is 25.8 Å². The molecule has 0 saturated carbocycles. The summed E-state index contributed by atoms with van der Waals surface area (Å²) in [6.07, 6.45) is -0.0662. The standard InChI is InChI=1S/C13H16NO7P/c14-11(13(17)18)4-5-22(19)21-8-20-10-3-1-2-9(6-10)7-12(15)16/h1-3,6,11H,4-5,7-8,14H2,(H-,15,16,17,18)/p+1. The van der Waals surface area contributed by atoms with Crippen molar-refractivity contribution in [1.82, 2.24) is 0 Å². The molecule has 0 radical (unpaired) electrons. The Kier molecular flexibility index (Phi) is 7.45. The number of benzene rings is 1. The van der Waals surface area contributed by atoms with E-state index in [1.165, 1.54) is 0 Å². The molecule has 8 nitrogen and oxygen atoms in total. The van der Waals surface area contributed by atoms with Crippen molar-refractivity contribution in [2.24, 2.45) is 5.73 Å². The zero-order valence-electron chi connectivity index (χ0n) is 11.7. The highest BCUT2D eigenvalue weighted by atomic mass is 31.1. The Hall–Kier alpha value is -2.02. The van der Waals surface area contributed by atoms with Crippen LogP contribution in [0.25, 0.3) is 0 Å². The summed E-state index contributed by atoms with van der Waals surface area (Å²) in [5.41, 5.74) is 5.85. The molecular formula is C13H17NO7P+. The lowest BCUT2D eigenvalue weighted by atomic mass is 10.1. The third-order valence-electron chi connectivity index (χ3n) is 2.62. The predicted molar refractivity (Wildman–Crippen MR) is 77.1 cm³/mol. The Morgan fingerprint density at radius 2 is 2.05 bits per heavy atom. The summed E-state index contributed by atoms with van der Waals surface area (Å²) in [7, 11) is -2.07. The highest BCUT2D eigenvalue weighted by Gasteiger charge is 2.22. The molecule has 9 heteroatoms. The largest absolute Gasteiger partial charge is 0.511 e. The molecule has 2 atom stereocenters. The number of ether oxygens (including phenoxy) is 1. The zero-order chi connectivity index (χ0) is 16.5. The smallest absolute Gasteiger partial charge is 0.481 e. The molecule has 0 fully saturated rings.